The van der Waals surface area contributed by atoms with Crippen LogP contribution >= 0.6 is 0 Å². The van der Waals surface area contributed by atoms with E-state index in [-0.39, 0.29) is 6.04 Å². The Morgan fingerprint density at radius 3 is 3.08 bits per heavy atom. The van der Waals surface area contributed by atoms with Crippen molar-refractivity contribution >= 4 is 0 Å². The van der Waals surface area contributed by atoms with Crippen LogP contribution in [0.3, 0.4) is 0 Å². The van der Waals surface area contributed by atoms with Crippen LogP contribution in [-0.4, -0.2) is 4.98 Å². The third-order valence-electron chi connectivity index (χ3n) is 1.79. The molecule has 1 aromatic heterocycles. The Hall–Kier alpha value is -1.40. The van der Waals surface area contributed by atoms with Crippen LogP contribution in [0.5, 0.6) is 0 Å². The van der Waals surface area contributed by atoms with Crippen LogP contribution in [-0.2, 0) is 0 Å². The minimum Gasteiger partial charge on any atom is -0.323 e. The second kappa shape index (κ2) is 3.84. The number of pyridine rings is 1. The van der Waals surface area contributed by atoms with Crippen LogP contribution in [0, 0.1) is 18.3 Å². The quantitative estimate of drug-likeness (QED) is 0.711. The normalized spacial score (nSPS) is 12.1. The number of aryl methyl sites for hydroxylation is 1. The molecule has 0 spiro atoms. The monoisotopic (exact) mass is 161 g/mol. The fourth-order valence-corrected chi connectivity index (χ4v) is 1.07. The van der Waals surface area contributed by atoms with Crippen molar-refractivity contribution in [2.24, 2.45) is 5.73 Å². The number of nitrogens with two attached hydrogens (primary N) is 1. The fraction of sp³-hybridized carbons (Fsp3) is 0.333. The van der Waals surface area contributed by atoms with E-state index >= 15 is 0 Å². The number of hydrogen-bond donors (Lipinski definition) is 1. The molecule has 1 rings (SSSR count). The first kappa shape index (κ1) is 8.69. The molecule has 1 atom stereocenters. The smallest absolute Gasteiger partial charge is 0.0641 e. The van der Waals surface area contributed by atoms with Crippen molar-refractivity contribution in [1.29, 1.82) is 5.26 Å². The summed E-state index contributed by atoms with van der Waals surface area (Å²) >= 11 is 0. The molecule has 0 radical (unpaired) electrons. The summed E-state index contributed by atoms with van der Waals surface area (Å²) in [6.07, 6.45) is 3.78. The molecule has 1 heterocycles. The molecule has 0 unspecified atom stereocenters. The molecule has 0 aliphatic carbocycles. The van der Waals surface area contributed by atoms with Crippen LogP contribution in [0.2, 0.25) is 0 Å². The minimum absolute atomic E-state index is 0.205. The van der Waals surface area contributed by atoms with Gasteiger partial charge in [-0.05, 0) is 24.1 Å². The summed E-state index contributed by atoms with van der Waals surface area (Å²) in [6, 6.07) is 3.73. The lowest BCUT2D eigenvalue weighted by atomic mass is 10.0. The number of nitrogens with zero attached hydrogens (tertiary/aromatic N) is 2. The average molecular weight is 161 g/mol. The summed E-state index contributed by atoms with van der Waals surface area (Å²) in [5.74, 6) is 0. The maximum absolute atomic E-state index is 8.44. The summed E-state index contributed by atoms with van der Waals surface area (Å²) in [5, 5.41) is 8.44. The average Bonchev–Trinajstić information content (AvgIpc) is 2.05. The minimum atomic E-state index is -0.205. The predicted octanol–water partition coefficient (Wildman–Crippen LogP) is 1.30. The molecular formula is C9H11N3. The highest BCUT2D eigenvalue weighted by Crippen LogP contribution is 2.15. The summed E-state index contributed by atoms with van der Waals surface area (Å²) in [4.78, 5) is 3.96. The van der Waals surface area contributed by atoms with Gasteiger partial charge in [0, 0.05) is 18.4 Å². The fourth-order valence-electron chi connectivity index (χ4n) is 1.07. The van der Waals surface area contributed by atoms with Gasteiger partial charge >= 0.3 is 0 Å². The summed E-state index contributed by atoms with van der Waals surface area (Å²) in [5.41, 5.74) is 7.79. The molecule has 0 aliphatic rings. The van der Waals surface area contributed by atoms with E-state index in [0.29, 0.717) is 6.42 Å². The van der Waals surface area contributed by atoms with Gasteiger partial charge in [-0.2, -0.15) is 5.26 Å². The molecular weight excluding hydrogens is 150 g/mol. The SMILES string of the molecule is Cc1ccncc1[C@@H](N)CC#N. The van der Waals surface area contributed by atoms with E-state index in [9.17, 15) is 0 Å². The Kier molecular flexibility index (Phi) is 2.78. The zero-order valence-corrected chi connectivity index (χ0v) is 6.99. The van der Waals surface area contributed by atoms with E-state index in [2.05, 4.69) is 4.98 Å². The van der Waals surface area contributed by atoms with Crippen molar-refractivity contribution in [2.75, 3.05) is 0 Å². The van der Waals surface area contributed by atoms with Gasteiger partial charge in [0.25, 0.3) is 0 Å². The number of aromatic nitrogens is 1. The summed E-state index contributed by atoms with van der Waals surface area (Å²) in [6.45, 7) is 1.97. The number of nitriles is 1. The molecule has 1 aromatic rings. The Balaban J connectivity index is 2.88. The Morgan fingerprint density at radius 1 is 1.75 bits per heavy atom. The largest absolute Gasteiger partial charge is 0.323 e. The highest BCUT2D eigenvalue weighted by atomic mass is 14.7. The van der Waals surface area contributed by atoms with Gasteiger partial charge in [0.1, 0.15) is 0 Å². The van der Waals surface area contributed by atoms with Crippen molar-refractivity contribution in [3.8, 4) is 6.07 Å². The third-order valence-corrected chi connectivity index (χ3v) is 1.79. The molecule has 62 valence electrons. The van der Waals surface area contributed by atoms with E-state index < -0.39 is 0 Å². The van der Waals surface area contributed by atoms with E-state index in [1.54, 1.807) is 12.4 Å². The maximum atomic E-state index is 8.44. The standard InChI is InChI=1S/C9H11N3/c1-7-3-5-12-6-8(7)9(11)2-4-10/h3,5-6,9H,2,11H2,1H3/t9-/m0/s1. The van der Waals surface area contributed by atoms with Crippen LogP contribution < -0.4 is 5.73 Å². The van der Waals surface area contributed by atoms with Gasteiger partial charge in [-0.1, -0.05) is 0 Å². The summed E-state index contributed by atoms with van der Waals surface area (Å²) < 4.78 is 0. The predicted molar refractivity (Wildman–Crippen MR) is 46.1 cm³/mol. The van der Waals surface area contributed by atoms with Gasteiger partial charge in [0.15, 0.2) is 0 Å². The van der Waals surface area contributed by atoms with Crippen molar-refractivity contribution in [3.05, 3.63) is 29.6 Å². The molecule has 3 nitrogen and oxygen atoms in total. The molecule has 0 saturated carbocycles. The molecule has 3 heteroatoms. The molecule has 0 bridgehead atoms. The molecule has 2 N–H and O–H groups in total. The number of rotatable bonds is 2. The van der Waals surface area contributed by atoms with Gasteiger partial charge in [-0.25, -0.2) is 0 Å². The molecule has 0 saturated heterocycles. The van der Waals surface area contributed by atoms with Crippen molar-refractivity contribution < 1.29 is 0 Å². The highest BCUT2D eigenvalue weighted by molar-refractivity contribution is 5.25. The maximum Gasteiger partial charge on any atom is 0.0641 e. The third kappa shape index (κ3) is 1.80. The van der Waals surface area contributed by atoms with E-state index in [4.69, 9.17) is 11.0 Å². The lowest BCUT2D eigenvalue weighted by Gasteiger charge is -2.09. The van der Waals surface area contributed by atoms with Gasteiger partial charge in [0.2, 0.25) is 0 Å². The first-order valence-electron chi connectivity index (χ1n) is 3.78. The molecule has 12 heavy (non-hydrogen) atoms. The van der Waals surface area contributed by atoms with Gasteiger partial charge in [0.05, 0.1) is 12.5 Å². The van der Waals surface area contributed by atoms with E-state index in [1.165, 1.54) is 0 Å². The Bertz CT molecular complexity index is 301. The van der Waals surface area contributed by atoms with Gasteiger partial charge < -0.3 is 5.73 Å². The number of hydrogen-bond acceptors (Lipinski definition) is 3. The molecule has 0 amide bonds. The first-order chi connectivity index (χ1) is 5.75. The Labute approximate surface area is 71.8 Å². The van der Waals surface area contributed by atoms with Crippen LogP contribution in [0.1, 0.15) is 23.6 Å². The van der Waals surface area contributed by atoms with Crippen LogP contribution in [0.15, 0.2) is 18.5 Å². The Morgan fingerprint density at radius 2 is 2.50 bits per heavy atom. The molecule has 0 aliphatic heterocycles. The van der Waals surface area contributed by atoms with Crippen molar-refractivity contribution in [3.63, 3.8) is 0 Å². The lowest BCUT2D eigenvalue weighted by molar-refractivity contribution is 0.737. The highest BCUT2D eigenvalue weighted by Gasteiger charge is 2.07. The van der Waals surface area contributed by atoms with Crippen LogP contribution in [0.4, 0.5) is 0 Å². The van der Waals surface area contributed by atoms with Gasteiger partial charge in [-0.15, -0.1) is 0 Å². The second-order valence-corrected chi connectivity index (χ2v) is 2.70. The molecule has 0 aromatic carbocycles. The van der Waals surface area contributed by atoms with E-state index in [1.807, 2.05) is 19.1 Å². The topological polar surface area (TPSA) is 62.7 Å². The zero-order chi connectivity index (χ0) is 8.97. The first-order valence-corrected chi connectivity index (χ1v) is 3.78. The zero-order valence-electron chi connectivity index (χ0n) is 6.99. The second-order valence-electron chi connectivity index (χ2n) is 2.70. The van der Waals surface area contributed by atoms with Crippen molar-refractivity contribution in [2.45, 2.75) is 19.4 Å². The van der Waals surface area contributed by atoms with Gasteiger partial charge in [-0.3, -0.25) is 4.98 Å². The summed E-state index contributed by atoms with van der Waals surface area (Å²) in [7, 11) is 0. The van der Waals surface area contributed by atoms with Crippen LogP contribution in [0.25, 0.3) is 0 Å². The lowest BCUT2D eigenvalue weighted by Crippen LogP contribution is -2.10. The van der Waals surface area contributed by atoms with Crippen molar-refractivity contribution in [1.82, 2.24) is 4.98 Å². The van der Waals surface area contributed by atoms with E-state index in [0.717, 1.165) is 11.1 Å². The molecule has 0 fully saturated rings.